The van der Waals surface area contributed by atoms with Crippen LogP contribution >= 0.6 is 0 Å². The highest BCUT2D eigenvalue weighted by Gasteiger charge is 2.39. The van der Waals surface area contributed by atoms with Crippen molar-refractivity contribution in [3.05, 3.63) is 39.9 Å². The van der Waals surface area contributed by atoms with Gasteiger partial charge in [-0.3, -0.25) is 10.1 Å². The number of para-hydroxylation sites is 1. The van der Waals surface area contributed by atoms with Crippen molar-refractivity contribution in [2.24, 2.45) is 11.3 Å². The lowest BCUT2D eigenvalue weighted by atomic mass is 9.77. The fraction of sp³-hybridized carbons (Fsp3) is 0.600. The summed E-state index contributed by atoms with van der Waals surface area (Å²) in [6, 6.07) is 6.69. The number of rotatable bonds is 4. The summed E-state index contributed by atoms with van der Waals surface area (Å²) in [5.74, 6) is 0.229. The van der Waals surface area contributed by atoms with Crippen LogP contribution in [-0.4, -0.2) is 16.1 Å². The van der Waals surface area contributed by atoms with Crippen molar-refractivity contribution >= 4 is 5.69 Å². The second-order valence-electron chi connectivity index (χ2n) is 6.14. The van der Waals surface area contributed by atoms with Gasteiger partial charge in [-0.2, -0.15) is 0 Å². The van der Waals surface area contributed by atoms with Crippen LogP contribution in [0, 0.1) is 21.4 Å². The fourth-order valence-electron chi connectivity index (χ4n) is 3.30. The lowest BCUT2D eigenvalue weighted by Gasteiger charge is -2.31. The van der Waals surface area contributed by atoms with Crippen LogP contribution in [0.5, 0.6) is 0 Å². The Morgan fingerprint density at radius 3 is 2.74 bits per heavy atom. The molecule has 1 aliphatic rings. The number of aliphatic hydroxyl groups is 1. The van der Waals surface area contributed by atoms with Gasteiger partial charge in [0.05, 0.1) is 11.0 Å². The first-order valence-corrected chi connectivity index (χ1v) is 6.82. The molecule has 1 aliphatic carbocycles. The lowest BCUT2D eigenvalue weighted by Crippen LogP contribution is -2.31. The standard InChI is InChI=1S/C15H21NO3/c1-15(2)9-5-7-12(15)14(17)10-11-6-3-4-8-13(11)16(18)19/h3-4,6,8,12,14,17H,5,7,9-10H2,1-2H3. The van der Waals surface area contributed by atoms with Crippen LogP contribution < -0.4 is 0 Å². The molecule has 0 radical (unpaired) electrons. The second kappa shape index (κ2) is 5.29. The first kappa shape index (κ1) is 14.0. The molecule has 0 aromatic heterocycles. The van der Waals surface area contributed by atoms with Crippen LogP contribution in [-0.2, 0) is 6.42 Å². The molecule has 2 atom stereocenters. The summed E-state index contributed by atoms with van der Waals surface area (Å²) < 4.78 is 0. The average molecular weight is 263 g/mol. The van der Waals surface area contributed by atoms with Gasteiger partial charge in [0.2, 0.25) is 0 Å². The minimum atomic E-state index is -0.501. The van der Waals surface area contributed by atoms with Gasteiger partial charge >= 0.3 is 0 Å². The summed E-state index contributed by atoms with van der Waals surface area (Å²) in [7, 11) is 0. The molecule has 0 spiro atoms. The maximum absolute atomic E-state index is 11.0. The summed E-state index contributed by atoms with van der Waals surface area (Å²) in [5, 5.41) is 21.4. The van der Waals surface area contributed by atoms with Gasteiger partial charge in [0.1, 0.15) is 0 Å². The van der Waals surface area contributed by atoms with E-state index in [2.05, 4.69) is 13.8 Å². The van der Waals surface area contributed by atoms with Crippen molar-refractivity contribution in [1.29, 1.82) is 0 Å². The van der Waals surface area contributed by atoms with Gasteiger partial charge in [-0.15, -0.1) is 0 Å². The van der Waals surface area contributed by atoms with Crippen LogP contribution in [0.4, 0.5) is 5.69 Å². The summed E-state index contributed by atoms with van der Waals surface area (Å²) in [4.78, 5) is 10.6. The smallest absolute Gasteiger partial charge is 0.272 e. The van der Waals surface area contributed by atoms with Crippen molar-refractivity contribution in [1.82, 2.24) is 0 Å². The van der Waals surface area contributed by atoms with Crippen molar-refractivity contribution in [3.8, 4) is 0 Å². The zero-order valence-electron chi connectivity index (χ0n) is 11.5. The van der Waals surface area contributed by atoms with Crippen LogP contribution in [0.1, 0.15) is 38.7 Å². The third kappa shape index (κ3) is 2.95. The predicted molar refractivity (Wildman–Crippen MR) is 73.9 cm³/mol. The van der Waals surface area contributed by atoms with E-state index in [1.54, 1.807) is 18.2 Å². The molecule has 1 aromatic rings. The minimum Gasteiger partial charge on any atom is -0.392 e. The van der Waals surface area contributed by atoms with Gasteiger partial charge in [-0.1, -0.05) is 38.5 Å². The van der Waals surface area contributed by atoms with Crippen LogP contribution in [0.25, 0.3) is 0 Å². The number of nitro benzene ring substituents is 1. The summed E-state index contributed by atoms with van der Waals surface area (Å²) in [6.07, 6.45) is 3.12. The van der Waals surface area contributed by atoms with E-state index in [-0.39, 0.29) is 21.9 Å². The molecule has 19 heavy (non-hydrogen) atoms. The Morgan fingerprint density at radius 2 is 2.16 bits per heavy atom. The highest BCUT2D eigenvalue weighted by molar-refractivity contribution is 5.40. The van der Waals surface area contributed by atoms with Crippen LogP contribution in [0.3, 0.4) is 0 Å². The maximum atomic E-state index is 11.0. The predicted octanol–water partition coefficient (Wildman–Crippen LogP) is 3.32. The van der Waals surface area contributed by atoms with Crippen LogP contribution in [0.2, 0.25) is 0 Å². The first-order chi connectivity index (χ1) is 8.92. The summed E-state index contributed by atoms with van der Waals surface area (Å²) in [5.41, 5.74) is 0.864. The maximum Gasteiger partial charge on any atom is 0.272 e. The molecular weight excluding hydrogens is 242 g/mol. The number of nitrogens with zero attached hydrogens (tertiary/aromatic N) is 1. The van der Waals surface area contributed by atoms with Gasteiger partial charge in [-0.05, 0) is 24.2 Å². The summed E-state index contributed by atoms with van der Waals surface area (Å²) in [6.45, 7) is 4.35. The SMILES string of the molecule is CC1(C)CCCC1C(O)Cc1ccccc1[N+](=O)[O-]. The summed E-state index contributed by atoms with van der Waals surface area (Å²) >= 11 is 0. The largest absolute Gasteiger partial charge is 0.392 e. The monoisotopic (exact) mass is 263 g/mol. The van der Waals surface area contributed by atoms with Crippen molar-refractivity contribution in [2.45, 2.75) is 45.6 Å². The quantitative estimate of drug-likeness (QED) is 0.669. The van der Waals surface area contributed by atoms with Gasteiger partial charge < -0.3 is 5.11 Å². The van der Waals surface area contributed by atoms with Crippen molar-refractivity contribution in [3.63, 3.8) is 0 Å². The third-order valence-corrected chi connectivity index (χ3v) is 4.42. The molecule has 1 saturated carbocycles. The highest BCUT2D eigenvalue weighted by Crippen LogP contribution is 2.45. The molecule has 0 amide bonds. The molecule has 4 heteroatoms. The van der Waals surface area contributed by atoms with Crippen molar-refractivity contribution in [2.75, 3.05) is 0 Å². The van der Waals surface area contributed by atoms with E-state index in [0.717, 1.165) is 19.3 Å². The zero-order chi connectivity index (χ0) is 14.0. The molecule has 104 valence electrons. The number of aliphatic hydroxyl groups excluding tert-OH is 1. The van der Waals surface area contributed by atoms with E-state index < -0.39 is 6.10 Å². The van der Waals surface area contributed by atoms with Gasteiger partial charge in [0.15, 0.2) is 0 Å². The molecule has 0 aliphatic heterocycles. The molecule has 1 fully saturated rings. The third-order valence-electron chi connectivity index (χ3n) is 4.42. The molecule has 1 N–H and O–H groups in total. The molecule has 0 heterocycles. The molecular formula is C15H21NO3. The van der Waals surface area contributed by atoms with E-state index in [0.29, 0.717) is 12.0 Å². The Balaban J connectivity index is 2.15. The topological polar surface area (TPSA) is 63.4 Å². The lowest BCUT2D eigenvalue weighted by molar-refractivity contribution is -0.385. The van der Waals surface area contributed by atoms with Gasteiger partial charge in [0.25, 0.3) is 5.69 Å². The first-order valence-electron chi connectivity index (χ1n) is 6.82. The van der Waals surface area contributed by atoms with E-state index in [4.69, 9.17) is 0 Å². The molecule has 2 rings (SSSR count). The van der Waals surface area contributed by atoms with Crippen molar-refractivity contribution < 1.29 is 10.0 Å². The second-order valence-corrected chi connectivity index (χ2v) is 6.14. The molecule has 1 aromatic carbocycles. The van der Waals surface area contributed by atoms with Gasteiger partial charge in [0, 0.05) is 18.1 Å². The molecule has 2 unspecified atom stereocenters. The average Bonchev–Trinajstić information content (AvgIpc) is 2.69. The van der Waals surface area contributed by atoms with Crippen LogP contribution in [0.15, 0.2) is 24.3 Å². The Morgan fingerprint density at radius 1 is 1.47 bits per heavy atom. The van der Waals surface area contributed by atoms with E-state index in [1.165, 1.54) is 6.07 Å². The Hall–Kier alpha value is -1.42. The molecule has 0 saturated heterocycles. The number of hydrogen-bond acceptors (Lipinski definition) is 3. The number of benzene rings is 1. The Labute approximate surface area is 113 Å². The highest BCUT2D eigenvalue weighted by atomic mass is 16.6. The molecule has 0 bridgehead atoms. The van der Waals surface area contributed by atoms with E-state index >= 15 is 0 Å². The van der Waals surface area contributed by atoms with Gasteiger partial charge in [-0.25, -0.2) is 0 Å². The molecule has 4 nitrogen and oxygen atoms in total. The number of hydrogen-bond donors (Lipinski definition) is 1. The van der Waals surface area contributed by atoms with E-state index in [9.17, 15) is 15.2 Å². The minimum absolute atomic E-state index is 0.109. The van der Waals surface area contributed by atoms with E-state index in [1.807, 2.05) is 0 Å². The fourth-order valence-corrected chi connectivity index (χ4v) is 3.30. The zero-order valence-corrected chi connectivity index (χ0v) is 11.5. The Kier molecular flexibility index (Phi) is 3.90. The normalized spacial score (nSPS) is 23.2. The Bertz CT molecular complexity index is 470. The number of nitro groups is 1.